The van der Waals surface area contributed by atoms with E-state index in [1.165, 1.54) is 0 Å². The average molecular weight is 510 g/mol. The van der Waals surface area contributed by atoms with Gasteiger partial charge in [0.05, 0.1) is 22.0 Å². The second-order valence-corrected chi connectivity index (χ2v) is 11.2. The van der Waals surface area contributed by atoms with Gasteiger partial charge >= 0.3 is 0 Å². The Morgan fingerprint density at radius 3 is 2.65 bits per heavy atom. The van der Waals surface area contributed by atoms with E-state index in [-0.39, 0.29) is 11.5 Å². The summed E-state index contributed by atoms with van der Waals surface area (Å²) in [5.74, 6) is 2.44. The van der Waals surface area contributed by atoms with E-state index in [1.807, 2.05) is 0 Å². The summed E-state index contributed by atoms with van der Waals surface area (Å²) in [4.78, 5) is 17.2. The molecule has 9 heteroatoms. The van der Waals surface area contributed by atoms with Crippen LogP contribution in [-0.2, 0) is 5.41 Å². The molecule has 0 aliphatic carbocycles. The van der Waals surface area contributed by atoms with Gasteiger partial charge in [0.1, 0.15) is 12.4 Å². The fourth-order valence-corrected chi connectivity index (χ4v) is 5.94. The van der Waals surface area contributed by atoms with Gasteiger partial charge < -0.3 is 24.8 Å². The largest absolute Gasteiger partial charge is 0.489 e. The van der Waals surface area contributed by atoms with Crippen LogP contribution in [0.4, 0.5) is 11.8 Å². The van der Waals surface area contributed by atoms with E-state index < -0.39 is 0 Å². The van der Waals surface area contributed by atoms with E-state index >= 15 is 0 Å². The number of anilines is 2. The molecule has 0 unspecified atom stereocenters. The fraction of sp³-hybridized carbons (Fsp3) is 0.636. The summed E-state index contributed by atoms with van der Waals surface area (Å²) in [7, 11) is 4.26. The topological polar surface area (TPSA) is 56.8 Å². The quantitative estimate of drug-likeness (QED) is 0.667. The maximum Gasteiger partial charge on any atom is 0.228 e. The standard InChI is InChI=1S/C22H30BrClN6O/c1-22(2,3)15-16(23)17(24)19-14-18(15)26-21(29-9-13(10-29)28(4)5)27-20(14)30-7-6-25-8-12(30)11-31-19/h12-13,25H,6-11H2,1-5H3/t12-/m0/s1. The van der Waals surface area contributed by atoms with Crippen LogP contribution in [0.3, 0.4) is 0 Å². The minimum atomic E-state index is -0.153. The monoisotopic (exact) mass is 508 g/mol. The van der Waals surface area contributed by atoms with Crippen LogP contribution in [0.5, 0.6) is 5.75 Å². The lowest BCUT2D eigenvalue weighted by Gasteiger charge is -2.43. The van der Waals surface area contributed by atoms with Crippen molar-refractivity contribution in [1.82, 2.24) is 20.2 Å². The number of halogens is 2. The normalized spacial score (nSPS) is 21.7. The number of rotatable bonds is 2. The van der Waals surface area contributed by atoms with E-state index in [2.05, 4.69) is 70.8 Å². The van der Waals surface area contributed by atoms with Crippen LogP contribution in [0.25, 0.3) is 10.9 Å². The fourth-order valence-electron chi connectivity index (χ4n) is 4.73. The molecule has 3 aliphatic heterocycles. The highest BCUT2D eigenvalue weighted by Crippen LogP contribution is 2.50. The van der Waals surface area contributed by atoms with Crippen molar-refractivity contribution in [3.05, 3.63) is 15.1 Å². The SMILES string of the molecule is CN(C)C1CN(c2nc3c4c(c(Cl)c(Br)c(C(C)(C)C)c4n2)OC[C@@H]2CNCCN32)C1. The Balaban J connectivity index is 1.77. The first-order chi connectivity index (χ1) is 14.7. The first-order valence-corrected chi connectivity index (χ1v) is 12.1. The molecular formula is C22H30BrClN6O. The number of piperazine rings is 1. The van der Waals surface area contributed by atoms with Crippen molar-refractivity contribution >= 4 is 50.2 Å². The van der Waals surface area contributed by atoms with Crippen LogP contribution in [-0.4, -0.2) is 80.4 Å². The Morgan fingerprint density at radius 2 is 1.97 bits per heavy atom. The summed E-state index contributed by atoms with van der Waals surface area (Å²) in [5.41, 5.74) is 1.88. The third kappa shape index (κ3) is 3.46. The zero-order valence-electron chi connectivity index (χ0n) is 18.8. The second-order valence-electron chi connectivity index (χ2n) is 10.0. The van der Waals surface area contributed by atoms with Crippen LogP contribution < -0.4 is 19.9 Å². The number of ether oxygens (including phenoxy) is 1. The maximum atomic E-state index is 6.88. The molecule has 1 aromatic carbocycles. The smallest absolute Gasteiger partial charge is 0.228 e. The molecular weight excluding hydrogens is 480 g/mol. The van der Waals surface area contributed by atoms with Crippen LogP contribution in [0.1, 0.15) is 26.3 Å². The van der Waals surface area contributed by atoms with Crippen LogP contribution in [0.2, 0.25) is 5.02 Å². The van der Waals surface area contributed by atoms with Gasteiger partial charge in [-0.3, -0.25) is 0 Å². The molecule has 4 heterocycles. The highest BCUT2D eigenvalue weighted by Gasteiger charge is 2.37. The molecule has 2 fully saturated rings. The van der Waals surface area contributed by atoms with E-state index in [9.17, 15) is 0 Å². The van der Waals surface area contributed by atoms with E-state index in [4.69, 9.17) is 26.3 Å². The van der Waals surface area contributed by atoms with Crippen molar-refractivity contribution in [2.75, 3.05) is 63.2 Å². The van der Waals surface area contributed by atoms with Gasteiger partial charge in [-0.25, -0.2) is 4.98 Å². The molecule has 5 rings (SSSR count). The van der Waals surface area contributed by atoms with Crippen molar-refractivity contribution in [3.8, 4) is 5.75 Å². The first-order valence-electron chi connectivity index (χ1n) is 10.9. The van der Waals surface area contributed by atoms with Crippen LogP contribution in [0, 0.1) is 0 Å². The van der Waals surface area contributed by atoms with Gasteiger partial charge in [0, 0.05) is 48.8 Å². The Bertz CT molecular complexity index is 1030. The Hall–Kier alpha value is -1.35. The van der Waals surface area contributed by atoms with E-state index in [0.717, 1.165) is 65.4 Å². The highest BCUT2D eigenvalue weighted by atomic mass is 79.9. The van der Waals surface area contributed by atoms with Crippen molar-refractivity contribution in [1.29, 1.82) is 0 Å². The molecule has 0 bridgehead atoms. The zero-order valence-corrected chi connectivity index (χ0v) is 21.1. The molecule has 1 aromatic heterocycles. The minimum Gasteiger partial charge on any atom is -0.489 e. The molecule has 0 amide bonds. The van der Waals surface area contributed by atoms with E-state index in [0.29, 0.717) is 23.4 Å². The van der Waals surface area contributed by atoms with Gasteiger partial charge in [-0.05, 0) is 35.4 Å². The number of hydrogen-bond donors (Lipinski definition) is 1. The van der Waals surface area contributed by atoms with Crippen LogP contribution >= 0.6 is 27.5 Å². The molecule has 1 atom stereocenters. The maximum absolute atomic E-state index is 6.88. The lowest BCUT2D eigenvalue weighted by Crippen LogP contribution is -2.58. The average Bonchev–Trinajstić information content (AvgIpc) is 2.82. The summed E-state index contributed by atoms with van der Waals surface area (Å²) in [6.07, 6.45) is 0. The predicted octanol–water partition coefficient (Wildman–Crippen LogP) is 3.26. The third-order valence-corrected chi connectivity index (χ3v) is 8.00. The summed E-state index contributed by atoms with van der Waals surface area (Å²) >= 11 is 10.7. The van der Waals surface area contributed by atoms with Crippen molar-refractivity contribution < 1.29 is 4.74 Å². The summed E-state index contributed by atoms with van der Waals surface area (Å²) in [6.45, 7) is 11.7. The van der Waals surface area contributed by atoms with E-state index in [1.54, 1.807) is 0 Å². The highest BCUT2D eigenvalue weighted by molar-refractivity contribution is 9.10. The third-order valence-electron chi connectivity index (χ3n) is 6.62. The first kappa shape index (κ1) is 21.5. The van der Waals surface area contributed by atoms with Gasteiger partial charge in [-0.1, -0.05) is 32.4 Å². The molecule has 168 valence electrons. The molecule has 1 N–H and O–H groups in total. The summed E-state index contributed by atoms with van der Waals surface area (Å²) in [6, 6.07) is 0.745. The number of benzene rings is 1. The lowest BCUT2D eigenvalue weighted by atomic mass is 9.85. The molecule has 2 aromatic rings. The number of likely N-dealkylation sites (N-methyl/N-ethyl adjacent to an activating group) is 1. The molecule has 0 radical (unpaired) electrons. The van der Waals surface area contributed by atoms with Gasteiger partial charge in [0.25, 0.3) is 0 Å². The number of aromatic nitrogens is 2. The number of nitrogens with zero attached hydrogens (tertiary/aromatic N) is 5. The zero-order chi connectivity index (χ0) is 22.1. The lowest BCUT2D eigenvalue weighted by molar-refractivity contribution is 0.245. The Morgan fingerprint density at radius 1 is 1.23 bits per heavy atom. The molecule has 7 nitrogen and oxygen atoms in total. The van der Waals surface area contributed by atoms with Gasteiger partial charge in [-0.15, -0.1) is 0 Å². The van der Waals surface area contributed by atoms with Crippen molar-refractivity contribution in [2.45, 2.75) is 38.3 Å². The molecule has 0 spiro atoms. The van der Waals surface area contributed by atoms with Gasteiger partial charge in [0.15, 0.2) is 5.75 Å². The summed E-state index contributed by atoms with van der Waals surface area (Å²) in [5, 5.41) is 5.04. The van der Waals surface area contributed by atoms with Gasteiger partial charge in [-0.2, -0.15) is 4.98 Å². The second kappa shape index (κ2) is 7.61. The van der Waals surface area contributed by atoms with Crippen LogP contribution in [0.15, 0.2) is 4.47 Å². The predicted molar refractivity (Wildman–Crippen MR) is 130 cm³/mol. The number of nitrogens with one attached hydrogen (secondary N) is 1. The molecule has 0 saturated carbocycles. The molecule has 31 heavy (non-hydrogen) atoms. The summed E-state index contributed by atoms with van der Waals surface area (Å²) < 4.78 is 7.18. The van der Waals surface area contributed by atoms with Crippen molar-refractivity contribution in [3.63, 3.8) is 0 Å². The molecule has 3 aliphatic rings. The van der Waals surface area contributed by atoms with Crippen molar-refractivity contribution in [2.24, 2.45) is 0 Å². The molecule has 2 saturated heterocycles. The Labute approximate surface area is 197 Å². The minimum absolute atomic E-state index is 0.153. The Kier molecular flexibility index (Phi) is 5.28. The van der Waals surface area contributed by atoms with Gasteiger partial charge in [0.2, 0.25) is 5.95 Å². The number of fused-ring (bicyclic) bond motifs is 2. The number of hydrogen-bond acceptors (Lipinski definition) is 7.